The van der Waals surface area contributed by atoms with Gasteiger partial charge in [-0.25, -0.2) is 0 Å². The first-order chi connectivity index (χ1) is 11.4. The second-order valence-corrected chi connectivity index (χ2v) is 8.17. The maximum absolute atomic E-state index is 12.7. The number of hydrogen-bond acceptors (Lipinski definition) is 4. The largest absolute Gasteiger partial charge is 0.293 e. The van der Waals surface area contributed by atoms with Crippen LogP contribution >= 0.6 is 11.8 Å². The van der Waals surface area contributed by atoms with Crippen LogP contribution in [0.5, 0.6) is 0 Å². The fourth-order valence-corrected chi connectivity index (χ4v) is 3.40. The Morgan fingerprint density at radius 1 is 1.08 bits per heavy atom. The number of Topliss-reactive ketones (excluding diaryl/α,β-unsaturated/α-hetero) is 1. The molecule has 5 heteroatoms. The van der Waals surface area contributed by atoms with Crippen LogP contribution in [0.25, 0.3) is 5.65 Å². The van der Waals surface area contributed by atoms with Gasteiger partial charge in [0.05, 0.1) is 5.25 Å². The van der Waals surface area contributed by atoms with Crippen molar-refractivity contribution in [2.75, 3.05) is 0 Å². The van der Waals surface area contributed by atoms with Crippen molar-refractivity contribution in [1.82, 2.24) is 14.6 Å². The highest BCUT2D eigenvalue weighted by molar-refractivity contribution is 8.00. The molecule has 0 aliphatic heterocycles. The normalized spacial score (nSPS) is 13.2. The van der Waals surface area contributed by atoms with Crippen molar-refractivity contribution in [3.63, 3.8) is 0 Å². The molecule has 0 amide bonds. The molecule has 1 aromatic carbocycles. The number of thioether (sulfide) groups is 1. The molecular formula is C19H21N3OS. The van der Waals surface area contributed by atoms with Gasteiger partial charge in [-0.3, -0.25) is 9.20 Å². The maximum Gasteiger partial charge on any atom is 0.196 e. The number of nitrogens with zero attached hydrogens (tertiary/aromatic N) is 3. The number of aromatic nitrogens is 3. The van der Waals surface area contributed by atoms with E-state index in [4.69, 9.17) is 0 Å². The van der Waals surface area contributed by atoms with E-state index >= 15 is 0 Å². The third kappa shape index (κ3) is 3.36. The Morgan fingerprint density at radius 3 is 2.46 bits per heavy atom. The van der Waals surface area contributed by atoms with Gasteiger partial charge in [0.15, 0.2) is 16.6 Å². The number of carbonyl (C=O) groups is 1. The Morgan fingerprint density at radius 2 is 1.79 bits per heavy atom. The van der Waals surface area contributed by atoms with Gasteiger partial charge in [-0.2, -0.15) is 0 Å². The monoisotopic (exact) mass is 339 g/mol. The molecule has 3 rings (SSSR count). The van der Waals surface area contributed by atoms with Crippen molar-refractivity contribution in [2.24, 2.45) is 0 Å². The van der Waals surface area contributed by atoms with Crippen LogP contribution in [-0.2, 0) is 5.41 Å². The van der Waals surface area contributed by atoms with E-state index in [1.807, 2.05) is 60.0 Å². The van der Waals surface area contributed by atoms with Crippen LogP contribution in [0.3, 0.4) is 0 Å². The van der Waals surface area contributed by atoms with E-state index < -0.39 is 0 Å². The molecule has 0 N–H and O–H groups in total. The molecular weight excluding hydrogens is 318 g/mol. The fourth-order valence-electron chi connectivity index (χ4n) is 2.48. The van der Waals surface area contributed by atoms with Gasteiger partial charge >= 0.3 is 0 Å². The lowest BCUT2D eigenvalue weighted by Crippen LogP contribution is -2.15. The zero-order valence-electron chi connectivity index (χ0n) is 14.4. The molecule has 0 aliphatic rings. The number of rotatable bonds is 4. The van der Waals surface area contributed by atoms with Gasteiger partial charge in [-0.15, -0.1) is 10.2 Å². The number of pyridine rings is 1. The van der Waals surface area contributed by atoms with E-state index in [-0.39, 0.29) is 16.4 Å². The van der Waals surface area contributed by atoms with E-state index in [1.54, 1.807) is 0 Å². The van der Waals surface area contributed by atoms with E-state index in [1.165, 1.54) is 17.3 Å². The predicted molar refractivity (Wildman–Crippen MR) is 97.8 cm³/mol. The summed E-state index contributed by atoms with van der Waals surface area (Å²) in [5.41, 5.74) is 2.83. The molecule has 0 bridgehead atoms. The van der Waals surface area contributed by atoms with Crippen LogP contribution in [0.4, 0.5) is 0 Å². The van der Waals surface area contributed by atoms with Gasteiger partial charge in [-0.1, -0.05) is 62.9 Å². The van der Waals surface area contributed by atoms with Gasteiger partial charge in [0.1, 0.15) is 0 Å². The van der Waals surface area contributed by atoms with E-state index in [0.29, 0.717) is 0 Å². The lowest BCUT2D eigenvalue weighted by atomic mass is 9.86. The SMILES string of the molecule is C[C@@H](Sc1nnc2ccccn12)C(=O)c1ccc(C(C)(C)C)cc1. The Balaban J connectivity index is 1.77. The smallest absolute Gasteiger partial charge is 0.196 e. The molecule has 24 heavy (non-hydrogen) atoms. The summed E-state index contributed by atoms with van der Waals surface area (Å²) >= 11 is 1.43. The van der Waals surface area contributed by atoms with Crippen LogP contribution in [0, 0.1) is 0 Å². The van der Waals surface area contributed by atoms with E-state index in [2.05, 4.69) is 31.0 Å². The van der Waals surface area contributed by atoms with Crippen LogP contribution < -0.4 is 0 Å². The summed E-state index contributed by atoms with van der Waals surface area (Å²) < 4.78 is 1.90. The molecule has 0 saturated heterocycles. The first kappa shape index (κ1) is 16.7. The first-order valence-electron chi connectivity index (χ1n) is 7.97. The first-order valence-corrected chi connectivity index (χ1v) is 8.85. The molecule has 4 nitrogen and oxygen atoms in total. The number of ketones is 1. The lowest BCUT2D eigenvalue weighted by molar-refractivity contribution is 0.0994. The van der Waals surface area contributed by atoms with Gasteiger partial charge in [0, 0.05) is 11.8 Å². The van der Waals surface area contributed by atoms with Crippen LogP contribution in [0.2, 0.25) is 0 Å². The quantitative estimate of drug-likeness (QED) is 0.522. The topological polar surface area (TPSA) is 47.3 Å². The Bertz CT molecular complexity index is 862. The van der Waals surface area contributed by atoms with Crippen LogP contribution in [0.1, 0.15) is 43.6 Å². The Kier molecular flexibility index (Phi) is 4.45. The van der Waals surface area contributed by atoms with Crippen molar-refractivity contribution in [3.05, 3.63) is 59.8 Å². The summed E-state index contributed by atoms with van der Waals surface area (Å²) in [5.74, 6) is 0.105. The zero-order chi connectivity index (χ0) is 17.3. The number of hydrogen-bond donors (Lipinski definition) is 0. The summed E-state index contributed by atoms with van der Waals surface area (Å²) in [6.45, 7) is 8.41. The summed E-state index contributed by atoms with van der Waals surface area (Å²) in [5, 5.41) is 8.81. The van der Waals surface area contributed by atoms with Crippen molar-refractivity contribution in [2.45, 2.75) is 43.5 Å². The fraction of sp³-hybridized carbons (Fsp3) is 0.316. The maximum atomic E-state index is 12.7. The highest BCUT2D eigenvalue weighted by Crippen LogP contribution is 2.26. The van der Waals surface area contributed by atoms with Crippen LogP contribution in [-0.4, -0.2) is 25.6 Å². The van der Waals surface area contributed by atoms with Gasteiger partial charge in [0.25, 0.3) is 0 Å². The third-order valence-corrected chi connectivity index (χ3v) is 5.03. The van der Waals surface area contributed by atoms with Gasteiger partial charge < -0.3 is 0 Å². The molecule has 0 unspecified atom stereocenters. The summed E-state index contributed by atoms with van der Waals surface area (Å²) in [7, 11) is 0. The van der Waals surface area contributed by atoms with E-state index in [9.17, 15) is 4.79 Å². The number of benzene rings is 1. The Hall–Kier alpha value is -2.14. The van der Waals surface area contributed by atoms with Crippen molar-refractivity contribution in [1.29, 1.82) is 0 Å². The minimum atomic E-state index is -0.224. The van der Waals surface area contributed by atoms with Crippen molar-refractivity contribution in [3.8, 4) is 0 Å². The standard InChI is InChI=1S/C19H21N3OS/c1-13(24-18-21-20-16-7-5-6-12-22(16)18)17(23)14-8-10-15(11-9-14)19(2,3)4/h5-13H,1-4H3/t13-/m1/s1. The molecule has 124 valence electrons. The summed E-state index contributed by atoms with van der Waals surface area (Å²) in [4.78, 5) is 12.7. The van der Waals surface area contributed by atoms with Crippen LogP contribution in [0.15, 0.2) is 53.8 Å². The molecule has 0 aliphatic carbocycles. The minimum Gasteiger partial charge on any atom is -0.293 e. The molecule has 0 radical (unpaired) electrons. The average molecular weight is 339 g/mol. The lowest BCUT2D eigenvalue weighted by Gasteiger charge is -2.19. The molecule has 2 heterocycles. The number of fused-ring (bicyclic) bond motifs is 1. The molecule has 3 aromatic rings. The summed E-state index contributed by atoms with van der Waals surface area (Å²) in [6, 6.07) is 13.7. The van der Waals surface area contributed by atoms with Crippen molar-refractivity contribution >= 4 is 23.2 Å². The molecule has 0 fully saturated rings. The molecule has 2 aromatic heterocycles. The number of carbonyl (C=O) groups excluding carboxylic acids is 1. The summed E-state index contributed by atoms with van der Waals surface area (Å²) in [6.07, 6.45) is 1.91. The molecule has 0 saturated carbocycles. The highest BCUT2D eigenvalue weighted by Gasteiger charge is 2.20. The predicted octanol–water partition coefficient (Wildman–Crippen LogP) is 4.39. The zero-order valence-corrected chi connectivity index (χ0v) is 15.2. The van der Waals surface area contributed by atoms with Gasteiger partial charge in [-0.05, 0) is 30.0 Å². The average Bonchev–Trinajstić information content (AvgIpc) is 2.96. The van der Waals surface area contributed by atoms with Crippen molar-refractivity contribution < 1.29 is 4.79 Å². The third-order valence-electron chi connectivity index (χ3n) is 3.97. The Labute approximate surface area is 146 Å². The minimum absolute atomic E-state index is 0.0857. The highest BCUT2D eigenvalue weighted by atomic mass is 32.2. The molecule has 0 spiro atoms. The van der Waals surface area contributed by atoms with Gasteiger partial charge in [0.2, 0.25) is 0 Å². The van der Waals surface area contributed by atoms with E-state index in [0.717, 1.165) is 16.4 Å². The second kappa shape index (κ2) is 6.40. The molecule has 1 atom stereocenters. The second-order valence-electron chi connectivity index (χ2n) is 6.86.